The highest BCUT2D eigenvalue weighted by Gasteiger charge is 2.53. The average molecular weight is 635 g/mol. The molecule has 3 atom stereocenters. The van der Waals surface area contributed by atoms with Crippen molar-refractivity contribution in [3.8, 4) is 35.4 Å². The lowest BCUT2D eigenvalue weighted by molar-refractivity contribution is 0.108. The highest BCUT2D eigenvalue weighted by atomic mass is 19.1. The second-order valence-electron chi connectivity index (χ2n) is 14.3. The lowest BCUT2D eigenvalue weighted by Gasteiger charge is -2.42. The fourth-order valence-corrected chi connectivity index (χ4v) is 9.08. The van der Waals surface area contributed by atoms with Gasteiger partial charge in [-0.1, -0.05) is 24.1 Å². The summed E-state index contributed by atoms with van der Waals surface area (Å²) in [5.74, 6) is 2.21. The minimum Gasteiger partial charge on any atom is -0.508 e. The van der Waals surface area contributed by atoms with Crippen molar-refractivity contribution in [2.24, 2.45) is 5.92 Å². The van der Waals surface area contributed by atoms with Gasteiger partial charge < -0.3 is 20.1 Å². The summed E-state index contributed by atoms with van der Waals surface area (Å²) in [7, 11) is 0. The van der Waals surface area contributed by atoms with E-state index in [4.69, 9.17) is 16.1 Å². The third-order valence-corrected chi connectivity index (χ3v) is 11.3. The summed E-state index contributed by atoms with van der Waals surface area (Å²) in [6, 6.07) is 6.04. The molecule has 4 aliphatic heterocycles. The van der Waals surface area contributed by atoms with E-state index >= 15 is 4.39 Å². The van der Waals surface area contributed by atoms with Gasteiger partial charge in [-0.3, -0.25) is 9.88 Å². The predicted molar refractivity (Wildman–Crippen MR) is 176 cm³/mol. The first-order chi connectivity index (χ1) is 22.8. The quantitative estimate of drug-likeness (QED) is 0.206. The molecular formula is C37H36F2N6O2. The Morgan fingerprint density at radius 2 is 2.04 bits per heavy atom. The molecule has 2 bridgehead atoms. The topological polar surface area (TPSA) is 86.6 Å². The summed E-state index contributed by atoms with van der Waals surface area (Å²) < 4.78 is 38.3. The number of fused-ring (bicyclic) bond motifs is 5. The van der Waals surface area contributed by atoms with Crippen molar-refractivity contribution in [3.63, 3.8) is 0 Å². The first kappa shape index (κ1) is 28.9. The van der Waals surface area contributed by atoms with Gasteiger partial charge in [-0.05, 0) is 81.0 Å². The fraction of sp³-hybridized carbons (Fsp3) is 0.432. The first-order valence-corrected chi connectivity index (χ1v) is 16.6. The minimum atomic E-state index is -0.708. The van der Waals surface area contributed by atoms with E-state index in [1.807, 2.05) is 0 Å². The zero-order chi connectivity index (χ0) is 32.1. The molecule has 4 aromatic rings. The maximum Gasteiger partial charge on any atom is 0.319 e. The molecule has 2 unspecified atom stereocenters. The van der Waals surface area contributed by atoms with Gasteiger partial charge >= 0.3 is 6.01 Å². The van der Waals surface area contributed by atoms with Crippen molar-refractivity contribution >= 4 is 27.5 Å². The number of benzene rings is 2. The fourth-order valence-electron chi connectivity index (χ4n) is 9.08. The standard InChI is InChI=1S/C37H36F2N6O2/c1-3-26-29(38)8-5-22-13-25(46)14-27(30(22)26)32-31(39)33-28(16-40-32)34(44-18-24-9-11-37(19-44,43-24)23-6-7-23)42-35(41-33)47-20-36-10-4-12-45(36)17-21(2)15-36/h1,5,8,13-14,16,23-24,43,46H,2,4,6-7,9-12,15,17-20H2/t24?,36-,37?/m0/s1. The molecule has 0 radical (unpaired) electrons. The van der Waals surface area contributed by atoms with Crippen LogP contribution < -0.4 is 15.0 Å². The monoisotopic (exact) mass is 634 g/mol. The van der Waals surface area contributed by atoms with Crippen molar-refractivity contribution in [1.29, 1.82) is 0 Å². The molecule has 1 aliphatic carbocycles. The molecule has 8 nitrogen and oxygen atoms in total. The molecule has 47 heavy (non-hydrogen) atoms. The van der Waals surface area contributed by atoms with Gasteiger partial charge in [-0.2, -0.15) is 9.97 Å². The maximum atomic E-state index is 17.0. The van der Waals surface area contributed by atoms with Gasteiger partial charge in [0.05, 0.1) is 16.5 Å². The van der Waals surface area contributed by atoms with Crippen molar-refractivity contribution in [3.05, 3.63) is 59.8 Å². The van der Waals surface area contributed by atoms with Crippen LogP contribution in [0.15, 0.2) is 42.6 Å². The Bertz CT molecular complexity index is 2040. The molecule has 0 amide bonds. The van der Waals surface area contributed by atoms with Crippen LogP contribution in [0.3, 0.4) is 0 Å². The van der Waals surface area contributed by atoms with E-state index in [-0.39, 0.29) is 45.2 Å². The van der Waals surface area contributed by atoms with Crippen molar-refractivity contribution < 1.29 is 18.6 Å². The van der Waals surface area contributed by atoms with Crippen LogP contribution in [-0.2, 0) is 0 Å². The molecule has 6 heterocycles. The number of piperazine rings is 1. The normalized spacial score (nSPS) is 27.1. The Morgan fingerprint density at radius 3 is 2.87 bits per heavy atom. The Hall–Kier alpha value is -4.33. The van der Waals surface area contributed by atoms with E-state index in [2.05, 4.69) is 37.6 Å². The number of ether oxygens (including phenoxy) is 1. The molecular weight excluding hydrogens is 598 g/mol. The third-order valence-electron chi connectivity index (χ3n) is 11.3. The van der Waals surface area contributed by atoms with Crippen LogP contribution in [-0.4, -0.2) is 74.9 Å². The predicted octanol–water partition coefficient (Wildman–Crippen LogP) is 5.70. The van der Waals surface area contributed by atoms with E-state index in [0.717, 1.165) is 58.3 Å². The van der Waals surface area contributed by atoms with Gasteiger partial charge in [0.1, 0.15) is 35.2 Å². The zero-order valence-corrected chi connectivity index (χ0v) is 26.2. The SMILES string of the molecule is C#Cc1c(F)ccc2cc(O)cc(-c3ncc4c(N5CC6CCC(C7CC7)(C5)N6)nc(OC[C@@]56CCCN5CC(=C)C6)nc4c3F)c12. The highest BCUT2D eigenvalue weighted by molar-refractivity contribution is 6.03. The smallest absolute Gasteiger partial charge is 0.319 e. The number of aromatic hydroxyl groups is 1. The maximum absolute atomic E-state index is 17.0. The number of pyridine rings is 1. The lowest BCUT2D eigenvalue weighted by atomic mass is 9.90. The van der Waals surface area contributed by atoms with E-state index in [9.17, 15) is 9.50 Å². The van der Waals surface area contributed by atoms with Crippen LogP contribution in [0.2, 0.25) is 0 Å². The number of hydrogen-bond acceptors (Lipinski definition) is 8. The zero-order valence-electron chi connectivity index (χ0n) is 26.2. The highest BCUT2D eigenvalue weighted by Crippen LogP contribution is 2.49. The molecule has 2 aromatic carbocycles. The number of phenols is 1. The Kier molecular flexibility index (Phi) is 6.34. The van der Waals surface area contributed by atoms with E-state index in [1.165, 1.54) is 42.7 Å². The summed E-state index contributed by atoms with van der Waals surface area (Å²) in [6.45, 7) is 7.99. The second-order valence-corrected chi connectivity index (χ2v) is 14.3. The van der Waals surface area contributed by atoms with Crippen molar-refractivity contribution in [2.75, 3.05) is 37.7 Å². The van der Waals surface area contributed by atoms with Crippen LogP contribution in [0.25, 0.3) is 32.9 Å². The minimum absolute atomic E-state index is 0.0219. The van der Waals surface area contributed by atoms with Gasteiger partial charge in [0.25, 0.3) is 0 Å². The van der Waals surface area contributed by atoms with Crippen LogP contribution in [0.4, 0.5) is 14.6 Å². The molecule has 5 aliphatic rings. The average Bonchev–Trinajstić information content (AvgIpc) is 3.70. The summed E-state index contributed by atoms with van der Waals surface area (Å²) in [5, 5.41) is 15.8. The molecule has 1 saturated carbocycles. The van der Waals surface area contributed by atoms with Crippen LogP contribution in [0, 0.1) is 29.9 Å². The van der Waals surface area contributed by atoms with Gasteiger partial charge in [-0.15, -0.1) is 6.42 Å². The second kappa shape index (κ2) is 10.3. The number of terminal acetylenes is 1. The van der Waals surface area contributed by atoms with Crippen LogP contribution in [0.5, 0.6) is 11.8 Å². The van der Waals surface area contributed by atoms with Crippen LogP contribution >= 0.6 is 0 Å². The molecule has 240 valence electrons. The molecule has 2 aromatic heterocycles. The Labute approximate surface area is 271 Å². The third kappa shape index (κ3) is 4.50. The molecule has 0 spiro atoms. The Morgan fingerprint density at radius 1 is 1.17 bits per heavy atom. The van der Waals surface area contributed by atoms with Gasteiger partial charge in [0.2, 0.25) is 0 Å². The number of phenolic OH excluding ortho intramolecular Hbond substituents is 1. The Balaban J connectivity index is 1.20. The molecule has 2 N–H and O–H groups in total. The van der Waals surface area contributed by atoms with Gasteiger partial charge in [0.15, 0.2) is 5.82 Å². The first-order valence-electron chi connectivity index (χ1n) is 16.6. The van der Waals surface area contributed by atoms with E-state index in [1.54, 1.807) is 6.20 Å². The molecule has 10 heteroatoms. The van der Waals surface area contributed by atoms with Gasteiger partial charge in [-0.25, -0.2) is 8.78 Å². The lowest BCUT2D eigenvalue weighted by Crippen LogP contribution is -2.61. The molecule has 4 saturated heterocycles. The summed E-state index contributed by atoms with van der Waals surface area (Å²) in [6.07, 6.45) is 14.9. The molecule has 9 rings (SSSR count). The van der Waals surface area contributed by atoms with Crippen molar-refractivity contribution in [2.45, 2.75) is 62.1 Å². The number of hydrogen-bond donors (Lipinski definition) is 2. The number of rotatable bonds is 6. The number of nitrogens with one attached hydrogen (secondary N) is 1. The largest absolute Gasteiger partial charge is 0.508 e. The summed E-state index contributed by atoms with van der Waals surface area (Å²) in [4.78, 5) is 18.9. The number of anilines is 1. The van der Waals surface area contributed by atoms with Crippen molar-refractivity contribution in [1.82, 2.24) is 25.2 Å². The van der Waals surface area contributed by atoms with Gasteiger partial charge in [0, 0.05) is 48.4 Å². The van der Waals surface area contributed by atoms with E-state index < -0.39 is 11.6 Å². The number of halogens is 2. The van der Waals surface area contributed by atoms with E-state index in [0.29, 0.717) is 40.5 Å². The molecule has 5 fully saturated rings. The number of aromatic nitrogens is 3. The van der Waals surface area contributed by atoms with Crippen LogP contribution in [0.1, 0.15) is 50.5 Å². The summed E-state index contributed by atoms with van der Waals surface area (Å²) >= 11 is 0. The summed E-state index contributed by atoms with van der Waals surface area (Å²) in [5.41, 5.74) is 1.21. The number of nitrogens with zero attached hydrogens (tertiary/aromatic N) is 5.